The minimum absolute atomic E-state index is 0.241. The lowest BCUT2D eigenvalue weighted by molar-refractivity contribution is -0.885. The quantitative estimate of drug-likeness (QED) is 0.405. The average Bonchev–Trinajstić information content (AvgIpc) is 3.25. The number of ether oxygens (including phenoxy) is 1. The highest BCUT2D eigenvalue weighted by Gasteiger charge is 2.44. The summed E-state index contributed by atoms with van der Waals surface area (Å²) in [6.07, 6.45) is -1.44. The van der Waals surface area contributed by atoms with Crippen molar-refractivity contribution in [2.24, 2.45) is 0 Å². The van der Waals surface area contributed by atoms with E-state index in [1.54, 1.807) is 0 Å². The van der Waals surface area contributed by atoms with E-state index in [0.29, 0.717) is 17.8 Å². The smallest absolute Gasteiger partial charge is 0.289 e. The molecular weight excluding hydrogens is 378 g/mol. The molecule has 1 aliphatic heterocycles. The first kappa shape index (κ1) is 19.5. The van der Waals surface area contributed by atoms with Crippen molar-refractivity contribution >= 4 is 17.0 Å². The number of anilines is 1. The second-order valence-electron chi connectivity index (χ2n) is 7.21. The van der Waals surface area contributed by atoms with Crippen molar-refractivity contribution < 1.29 is 29.6 Å². The number of aliphatic hydroxyl groups excluding tert-OH is 3. The SMILES string of the molecule is Cc1ccc(C)c(CO[n+]2cnc3c(ncn3[C@@H]3O[C@H](CO)[C@@H](O)[C@H]3O)c2N)c1. The number of benzene rings is 1. The Labute approximate surface area is 166 Å². The number of rotatable bonds is 5. The summed E-state index contributed by atoms with van der Waals surface area (Å²) in [5.74, 6) is 0.241. The van der Waals surface area contributed by atoms with Gasteiger partial charge in [-0.1, -0.05) is 33.5 Å². The van der Waals surface area contributed by atoms with E-state index in [9.17, 15) is 15.3 Å². The zero-order valence-electron chi connectivity index (χ0n) is 16.1. The minimum Gasteiger partial charge on any atom is -0.394 e. The van der Waals surface area contributed by atoms with Crippen LogP contribution in [0.4, 0.5) is 5.82 Å². The minimum atomic E-state index is -1.24. The van der Waals surface area contributed by atoms with Crippen molar-refractivity contribution in [2.45, 2.75) is 45.0 Å². The van der Waals surface area contributed by atoms with E-state index in [0.717, 1.165) is 16.7 Å². The molecule has 4 rings (SSSR count). The molecule has 3 aromatic rings. The van der Waals surface area contributed by atoms with Crippen LogP contribution in [0.25, 0.3) is 11.2 Å². The van der Waals surface area contributed by atoms with Crippen molar-refractivity contribution in [3.05, 3.63) is 47.5 Å². The Morgan fingerprint density at radius 3 is 2.76 bits per heavy atom. The summed E-state index contributed by atoms with van der Waals surface area (Å²) in [6, 6.07) is 6.12. The van der Waals surface area contributed by atoms with Gasteiger partial charge in [-0.3, -0.25) is 4.57 Å². The molecule has 154 valence electrons. The highest BCUT2D eigenvalue weighted by atomic mass is 16.7. The van der Waals surface area contributed by atoms with Gasteiger partial charge in [-0.2, -0.15) is 0 Å². The van der Waals surface area contributed by atoms with Crippen molar-refractivity contribution in [2.75, 3.05) is 12.3 Å². The molecule has 10 heteroatoms. The molecule has 3 heterocycles. The fraction of sp³-hybridized carbons (Fsp3) is 0.421. The third kappa shape index (κ3) is 3.40. The van der Waals surface area contributed by atoms with Crippen LogP contribution in [0.2, 0.25) is 0 Å². The number of aromatic nitrogens is 4. The molecule has 2 aromatic heterocycles. The van der Waals surface area contributed by atoms with Gasteiger partial charge in [0, 0.05) is 0 Å². The summed E-state index contributed by atoms with van der Waals surface area (Å²) in [4.78, 5) is 14.4. The zero-order valence-corrected chi connectivity index (χ0v) is 16.1. The molecule has 10 nitrogen and oxygen atoms in total. The third-order valence-electron chi connectivity index (χ3n) is 5.19. The van der Waals surface area contributed by atoms with Crippen LogP contribution < -0.4 is 15.3 Å². The van der Waals surface area contributed by atoms with Gasteiger partial charge in [-0.05, 0) is 25.0 Å². The van der Waals surface area contributed by atoms with Crippen LogP contribution in [0.5, 0.6) is 0 Å². The van der Waals surface area contributed by atoms with E-state index in [2.05, 4.69) is 16.0 Å². The Bertz CT molecular complexity index is 1040. The molecule has 0 amide bonds. The maximum atomic E-state index is 10.2. The van der Waals surface area contributed by atoms with E-state index >= 15 is 0 Å². The first-order valence-corrected chi connectivity index (χ1v) is 9.25. The predicted octanol–water partition coefficient (Wildman–Crippen LogP) is -0.842. The zero-order chi connectivity index (χ0) is 20.7. The Kier molecular flexibility index (Phi) is 5.09. The summed E-state index contributed by atoms with van der Waals surface area (Å²) in [5.41, 5.74) is 10.2. The number of hydrogen-bond donors (Lipinski definition) is 4. The topological polar surface area (TPSA) is 140 Å². The lowest BCUT2D eigenvalue weighted by Crippen LogP contribution is -2.45. The van der Waals surface area contributed by atoms with Gasteiger partial charge in [-0.15, -0.1) is 0 Å². The molecule has 1 aliphatic rings. The van der Waals surface area contributed by atoms with E-state index in [1.165, 1.54) is 22.0 Å². The molecule has 5 N–H and O–H groups in total. The molecule has 0 spiro atoms. The third-order valence-corrected chi connectivity index (χ3v) is 5.19. The van der Waals surface area contributed by atoms with Gasteiger partial charge in [0.05, 0.1) is 6.61 Å². The van der Waals surface area contributed by atoms with Crippen LogP contribution in [0.1, 0.15) is 22.9 Å². The number of aliphatic hydroxyl groups is 3. The summed E-state index contributed by atoms with van der Waals surface area (Å²) in [5, 5.41) is 29.5. The monoisotopic (exact) mass is 402 g/mol. The lowest BCUT2D eigenvalue weighted by Gasteiger charge is -2.15. The molecular formula is C19H24N5O5+. The van der Waals surface area contributed by atoms with Crippen LogP contribution in [0.3, 0.4) is 0 Å². The first-order valence-electron chi connectivity index (χ1n) is 9.25. The number of hydrogen-bond acceptors (Lipinski definition) is 8. The van der Waals surface area contributed by atoms with Gasteiger partial charge >= 0.3 is 0 Å². The van der Waals surface area contributed by atoms with E-state index in [-0.39, 0.29) is 5.82 Å². The van der Waals surface area contributed by atoms with Gasteiger partial charge in [0.1, 0.15) is 24.6 Å². The molecule has 1 saturated heterocycles. The van der Waals surface area contributed by atoms with Crippen molar-refractivity contribution in [1.82, 2.24) is 14.5 Å². The second kappa shape index (κ2) is 7.56. The largest absolute Gasteiger partial charge is 0.394 e. The van der Waals surface area contributed by atoms with Gasteiger partial charge < -0.3 is 30.6 Å². The summed E-state index contributed by atoms with van der Waals surface area (Å²) < 4.78 is 8.36. The van der Waals surface area contributed by atoms with Crippen molar-refractivity contribution in [3.8, 4) is 0 Å². The summed E-state index contributed by atoms with van der Waals surface area (Å²) in [6.45, 7) is 3.92. The lowest BCUT2D eigenvalue weighted by atomic mass is 10.1. The number of nitrogen functional groups attached to an aromatic ring is 1. The van der Waals surface area contributed by atoms with Crippen LogP contribution in [0, 0.1) is 13.8 Å². The normalized spacial score (nSPS) is 24.3. The molecule has 0 unspecified atom stereocenters. The van der Waals surface area contributed by atoms with Gasteiger partial charge in [0.15, 0.2) is 12.8 Å². The van der Waals surface area contributed by atoms with E-state index < -0.39 is 31.1 Å². The van der Waals surface area contributed by atoms with Gasteiger partial charge in [-0.25, -0.2) is 4.98 Å². The molecule has 0 radical (unpaired) electrons. The number of imidazole rings is 1. The van der Waals surface area contributed by atoms with Crippen molar-refractivity contribution in [3.63, 3.8) is 0 Å². The molecule has 0 aliphatic carbocycles. The van der Waals surface area contributed by atoms with Crippen LogP contribution in [-0.4, -0.2) is 54.8 Å². The molecule has 29 heavy (non-hydrogen) atoms. The average molecular weight is 402 g/mol. The molecule has 1 aromatic carbocycles. The standard InChI is InChI=1S/C19H23N5O5/c1-10-3-4-11(2)12(5-10)7-28-24-9-22-18-14(17(24)20)21-8-23(18)19-16(27)15(26)13(6-25)29-19/h3-5,8-9,13,15-16,19-20,25-27H,6-7H2,1-2H3/p+1/t13-,15-,16-,19-/m1/s1. The maximum absolute atomic E-state index is 10.2. The van der Waals surface area contributed by atoms with Gasteiger partial charge in [0.25, 0.3) is 12.1 Å². The molecule has 0 saturated carbocycles. The summed E-state index contributed by atoms with van der Waals surface area (Å²) >= 11 is 0. The van der Waals surface area contributed by atoms with E-state index in [4.69, 9.17) is 15.3 Å². The maximum Gasteiger partial charge on any atom is 0.289 e. The van der Waals surface area contributed by atoms with Crippen LogP contribution in [0.15, 0.2) is 30.9 Å². The fourth-order valence-corrected chi connectivity index (χ4v) is 3.43. The Morgan fingerprint density at radius 1 is 1.24 bits per heavy atom. The molecule has 4 atom stereocenters. The highest BCUT2D eigenvalue weighted by molar-refractivity contribution is 5.79. The Morgan fingerprint density at radius 2 is 2.03 bits per heavy atom. The van der Waals surface area contributed by atoms with Crippen LogP contribution in [-0.2, 0) is 11.3 Å². The summed E-state index contributed by atoms with van der Waals surface area (Å²) in [7, 11) is 0. The Hall–Kier alpha value is -2.79. The Balaban J connectivity index is 1.60. The first-order chi connectivity index (χ1) is 13.9. The molecule has 1 fully saturated rings. The highest BCUT2D eigenvalue weighted by Crippen LogP contribution is 2.31. The van der Waals surface area contributed by atoms with E-state index in [1.807, 2.05) is 26.0 Å². The number of nitrogens with two attached hydrogens (primary N) is 1. The second-order valence-corrected chi connectivity index (χ2v) is 7.21. The molecule has 0 bridgehead atoms. The van der Waals surface area contributed by atoms with Crippen molar-refractivity contribution in [1.29, 1.82) is 0 Å². The van der Waals surface area contributed by atoms with Gasteiger partial charge in [0.2, 0.25) is 11.2 Å². The van der Waals surface area contributed by atoms with Crippen LogP contribution >= 0.6 is 0 Å². The fourth-order valence-electron chi connectivity index (χ4n) is 3.43. The number of fused-ring (bicyclic) bond motifs is 1. The number of nitrogens with zero attached hydrogens (tertiary/aromatic N) is 4. The predicted molar refractivity (Wildman–Crippen MR) is 101 cm³/mol. The number of aryl methyl sites for hydroxylation is 2.